The number of hydrogen-bond donors (Lipinski definition) is 1. The topological polar surface area (TPSA) is 87.0 Å². The van der Waals surface area contributed by atoms with Crippen molar-refractivity contribution in [3.8, 4) is 0 Å². The van der Waals surface area contributed by atoms with Gasteiger partial charge in [0.15, 0.2) is 5.37 Å². The number of primary amides is 1. The lowest BCUT2D eigenvalue weighted by molar-refractivity contribution is -0.144. The van der Waals surface area contributed by atoms with Gasteiger partial charge in [0, 0.05) is 32.8 Å². The van der Waals surface area contributed by atoms with Crippen molar-refractivity contribution in [2.75, 3.05) is 40.5 Å². The summed E-state index contributed by atoms with van der Waals surface area (Å²) in [6.07, 6.45) is 1.61. The Labute approximate surface area is 162 Å². The molecule has 0 aromatic carbocycles. The first-order valence-corrected chi connectivity index (χ1v) is 10.2. The number of rotatable bonds is 12. The van der Waals surface area contributed by atoms with Crippen molar-refractivity contribution in [2.24, 2.45) is 11.7 Å². The summed E-state index contributed by atoms with van der Waals surface area (Å²) in [5, 5.41) is -0.659. The third-order valence-corrected chi connectivity index (χ3v) is 5.32. The molecule has 0 heterocycles. The number of likely N-dealkylation sites (N-methyl/N-ethyl adjacent to an activating group) is 2. The fourth-order valence-electron chi connectivity index (χ4n) is 2.46. The molecule has 0 aliphatic carbocycles. The Morgan fingerprint density at radius 2 is 1.62 bits per heavy atom. The molecular weight excluding hydrogens is 352 g/mol. The van der Waals surface area contributed by atoms with Gasteiger partial charge in [-0.3, -0.25) is 14.4 Å². The Balaban J connectivity index is 5.37. The van der Waals surface area contributed by atoms with Crippen LogP contribution in [0.2, 0.25) is 0 Å². The van der Waals surface area contributed by atoms with Gasteiger partial charge >= 0.3 is 0 Å². The van der Waals surface area contributed by atoms with Crippen molar-refractivity contribution in [3.05, 3.63) is 0 Å². The molecule has 0 saturated carbocycles. The lowest BCUT2D eigenvalue weighted by Crippen LogP contribution is -2.53. The lowest BCUT2D eigenvalue weighted by atomic mass is 10.0. The van der Waals surface area contributed by atoms with Gasteiger partial charge in [-0.1, -0.05) is 20.8 Å². The third kappa shape index (κ3) is 8.40. The molecule has 8 heteroatoms. The number of carbonyl (C=O) groups is 3. The van der Waals surface area contributed by atoms with Gasteiger partial charge in [-0.25, -0.2) is 0 Å². The van der Waals surface area contributed by atoms with E-state index in [1.54, 1.807) is 14.1 Å². The highest BCUT2D eigenvalue weighted by Gasteiger charge is 2.34. The summed E-state index contributed by atoms with van der Waals surface area (Å²) in [5.74, 6) is 0.0734. The van der Waals surface area contributed by atoms with Crippen LogP contribution >= 0.6 is 11.8 Å². The second kappa shape index (κ2) is 12.2. The maximum absolute atomic E-state index is 13.1. The molecule has 0 rings (SSSR count). The van der Waals surface area contributed by atoms with Gasteiger partial charge in [0.25, 0.3) is 5.91 Å². The van der Waals surface area contributed by atoms with Crippen molar-refractivity contribution < 1.29 is 14.4 Å². The first-order valence-electron chi connectivity index (χ1n) is 9.10. The van der Waals surface area contributed by atoms with E-state index in [0.29, 0.717) is 18.6 Å². The summed E-state index contributed by atoms with van der Waals surface area (Å²) in [4.78, 5) is 42.2. The Hall–Kier alpha value is -1.28. The second-order valence-electron chi connectivity index (χ2n) is 7.28. The zero-order valence-corrected chi connectivity index (χ0v) is 18.1. The summed E-state index contributed by atoms with van der Waals surface area (Å²) >= 11 is 1.42. The average Bonchev–Trinajstić information content (AvgIpc) is 2.54. The number of nitrogens with zero attached hydrogens (tertiary/aromatic N) is 3. The molecule has 7 nitrogen and oxygen atoms in total. The summed E-state index contributed by atoms with van der Waals surface area (Å²) in [7, 11) is 7.17. The molecule has 0 radical (unpaired) electrons. The molecule has 0 fully saturated rings. The minimum atomic E-state index is -0.672. The minimum absolute atomic E-state index is 0.0731. The van der Waals surface area contributed by atoms with Crippen LogP contribution < -0.4 is 5.73 Å². The van der Waals surface area contributed by atoms with E-state index in [0.717, 1.165) is 13.0 Å². The van der Waals surface area contributed by atoms with Crippen LogP contribution in [0.25, 0.3) is 0 Å². The molecule has 0 aromatic rings. The van der Waals surface area contributed by atoms with Crippen molar-refractivity contribution in [2.45, 2.75) is 51.4 Å². The van der Waals surface area contributed by atoms with E-state index < -0.39 is 17.3 Å². The quantitative estimate of drug-likeness (QED) is 0.508. The van der Waals surface area contributed by atoms with Crippen LogP contribution in [0.3, 0.4) is 0 Å². The highest BCUT2D eigenvalue weighted by Crippen LogP contribution is 2.21. The normalized spacial score (nSPS) is 13.6. The summed E-state index contributed by atoms with van der Waals surface area (Å²) in [6, 6.07) is -0.672. The van der Waals surface area contributed by atoms with Gasteiger partial charge in [-0.2, -0.15) is 0 Å². The SMILES string of the molecule is CCCC(=O)N(C)[C@@H](SCCN(C)C)C(=O)N(C)[C@@H](CC(C)C)C(N)=O. The van der Waals surface area contributed by atoms with Crippen LogP contribution in [0.4, 0.5) is 0 Å². The average molecular weight is 389 g/mol. The van der Waals surface area contributed by atoms with Crippen LogP contribution in [-0.2, 0) is 14.4 Å². The second-order valence-corrected chi connectivity index (χ2v) is 8.47. The fraction of sp³-hybridized carbons (Fsp3) is 0.833. The van der Waals surface area contributed by atoms with Crippen LogP contribution in [0, 0.1) is 5.92 Å². The van der Waals surface area contributed by atoms with Crippen LogP contribution in [0.15, 0.2) is 0 Å². The maximum Gasteiger partial charge on any atom is 0.256 e. The molecular formula is C18H36N4O3S. The van der Waals surface area contributed by atoms with E-state index in [1.165, 1.54) is 21.6 Å². The number of amides is 3. The molecule has 3 amide bonds. The van der Waals surface area contributed by atoms with Crippen molar-refractivity contribution in [1.29, 1.82) is 0 Å². The Morgan fingerprint density at radius 3 is 2.04 bits per heavy atom. The Bertz CT molecular complexity index is 471. The molecule has 2 N–H and O–H groups in total. The molecule has 0 aromatic heterocycles. The summed E-state index contributed by atoms with van der Waals surface area (Å²) in [5.41, 5.74) is 5.52. The Kier molecular flexibility index (Phi) is 11.6. The molecule has 152 valence electrons. The van der Waals surface area contributed by atoms with E-state index in [9.17, 15) is 14.4 Å². The largest absolute Gasteiger partial charge is 0.368 e. The van der Waals surface area contributed by atoms with Gasteiger partial charge in [0.05, 0.1) is 0 Å². The Morgan fingerprint density at radius 1 is 1.04 bits per heavy atom. The van der Waals surface area contributed by atoms with Crippen LogP contribution in [0.1, 0.15) is 40.0 Å². The molecule has 2 atom stereocenters. The van der Waals surface area contributed by atoms with E-state index in [-0.39, 0.29) is 17.7 Å². The predicted molar refractivity (Wildman–Crippen MR) is 108 cm³/mol. The van der Waals surface area contributed by atoms with Gasteiger partial charge in [0.2, 0.25) is 11.8 Å². The number of carbonyl (C=O) groups excluding carboxylic acids is 3. The van der Waals surface area contributed by atoms with Crippen molar-refractivity contribution >= 4 is 29.5 Å². The lowest BCUT2D eigenvalue weighted by Gasteiger charge is -2.34. The smallest absolute Gasteiger partial charge is 0.256 e. The molecule has 0 aliphatic rings. The van der Waals surface area contributed by atoms with E-state index >= 15 is 0 Å². The minimum Gasteiger partial charge on any atom is -0.368 e. The van der Waals surface area contributed by atoms with Crippen LogP contribution in [-0.4, -0.2) is 84.3 Å². The zero-order chi connectivity index (χ0) is 20.4. The van der Waals surface area contributed by atoms with Gasteiger partial charge < -0.3 is 20.4 Å². The molecule has 0 unspecified atom stereocenters. The van der Waals surface area contributed by atoms with E-state index in [2.05, 4.69) is 0 Å². The molecule has 0 saturated heterocycles. The third-order valence-electron chi connectivity index (χ3n) is 4.07. The van der Waals surface area contributed by atoms with Gasteiger partial charge in [0.1, 0.15) is 6.04 Å². The zero-order valence-electron chi connectivity index (χ0n) is 17.3. The van der Waals surface area contributed by atoms with Gasteiger partial charge in [-0.15, -0.1) is 11.8 Å². The fourth-order valence-corrected chi connectivity index (χ4v) is 3.80. The monoisotopic (exact) mass is 388 g/mol. The molecule has 0 bridgehead atoms. The molecule has 0 spiro atoms. The van der Waals surface area contributed by atoms with Crippen molar-refractivity contribution in [3.63, 3.8) is 0 Å². The van der Waals surface area contributed by atoms with E-state index in [4.69, 9.17) is 5.73 Å². The standard InChI is InChI=1S/C18H36N4O3S/c1-8-9-15(23)22(7)18(26-11-10-20(4)5)17(25)21(6)14(16(19)24)12-13(2)3/h13-14,18H,8-12H2,1-7H3,(H2,19,24)/t14-,18-/m0/s1. The summed E-state index contributed by atoms with van der Waals surface area (Å²) in [6.45, 7) is 6.68. The first kappa shape index (κ1) is 24.7. The van der Waals surface area contributed by atoms with E-state index in [1.807, 2.05) is 39.8 Å². The highest BCUT2D eigenvalue weighted by molar-refractivity contribution is 8.00. The number of hydrogen-bond acceptors (Lipinski definition) is 5. The molecule has 0 aliphatic heterocycles. The maximum atomic E-state index is 13.1. The van der Waals surface area contributed by atoms with Gasteiger partial charge in [-0.05, 0) is 32.9 Å². The predicted octanol–water partition coefficient (Wildman–Crippen LogP) is 1.22. The molecule has 26 heavy (non-hydrogen) atoms. The van der Waals surface area contributed by atoms with Crippen LogP contribution in [0.5, 0.6) is 0 Å². The summed E-state index contributed by atoms with van der Waals surface area (Å²) < 4.78 is 0. The van der Waals surface area contributed by atoms with Crippen molar-refractivity contribution in [1.82, 2.24) is 14.7 Å². The first-order chi connectivity index (χ1) is 12.0. The highest BCUT2D eigenvalue weighted by atomic mass is 32.2. The number of thioether (sulfide) groups is 1. The number of nitrogens with two attached hydrogens (primary N) is 1.